The Morgan fingerprint density at radius 1 is 1.42 bits per heavy atom. The highest BCUT2D eigenvalue weighted by Gasteiger charge is 2.22. The molecule has 0 bridgehead atoms. The Morgan fingerprint density at radius 2 is 2.08 bits per heavy atom. The SMILES string of the molecule is COS(=O)(=O)c1cccc[n+]1C. The van der Waals surface area contributed by atoms with Crippen molar-refractivity contribution in [3.05, 3.63) is 24.4 Å². The van der Waals surface area contributed by atoms with Crippen molar-refractivity contribution in [2.24, 2.45) is 7.05 Å². The lowest BCUT2D eigenvalue weighted by molar-refractivity contribution is -0.710. The highest BCUT2D eigenvalue weighted by molar-refractivity contribution is 7.86. The summed E-state index contributed by atoms with van der Waals surface area (Å²) in [5, 5.41) is 0.146. The smallest absolute Gasteiger partial charge is 0.265 e. The standard InChI is InChI=1S/C7H10NO3S/c1-8-6-4-3-5-7(8)12(9,10)11-2/h3-6H,1-2H3/q+1. The van der Waals surface area contributed by atoms with Gasteiger partial charge in [-0.3, -0.25) is 4.18 Å². The molecule has 1 rings (SSSR count). The van der Waals surface area contributed by atoms with Crippen LogP contribution in [-0.2, 0) is 21.3 Å². The van der Waals surface area contributed by atoms with E-state index in [1.54, 1.807) is 25.4 Å². The second kappa shape index (κ2) is 3.20. The van der Waals surface area contributed by atoms with Gasteiger partial charge >= 0.3 is 15.1 Å². The first-order chi connectivity index (χ1) is 5.58. The molecule has 0 atom stereocenters. The van der Waals surface area contributed by atoms with E-state index in [0.29, 0.717) is 0 Å². The molecule has 1 aromatic heterocycles. The van der Waals surface area contributed by atoms with Gasteiger partial charge in [-0.1, -0.05) is 0 Å². The van der Waals surface area contributed by atoms with E-state index in [0.717, 1.165) is 7.11 Å². The highest BCUT2D eigenvalue weighted by atomic mass is 32.2. The molecule has 12 heavy (non-hydrogen) atoms. The maximum absolute atomic E-state index is 11.2. The first-order valence-electron chi connectivity index (χ1n) is 3.33. The molecule has 0 saturated heterocycles. The third-order valence-corrected chi connectivity index (χ3v) is 2.86. The number of rotatable bonds is 2. The fourth-order valence-electron chi connectivity index (χ4n) is 0.853. The second-order valence-corrected chi connectivity index (χ2v) is 3.93. The van der Waals surface area contributed by atoms with Gasteiger partial charge in [-0.15, -0.1) is 0 Å². The van der Waals surface area contributed by atoms with Gasteiger partial charge in [-0.2, -0.15) is 13.0 Å². The monoisotopic (exact) mass is 188 g/mol. The molecule has 0 radical (unpaired) electrons. The van der Waals surface area contributed by atoms with Gasteiger partial charge in [0, 0.05) is 12.1 Å². The molecule has 0 amide bonds. The molecule has 0 aliphatic carbocycles. The first-order valence-corrected chi connectivity index (χ1v) is 4.74. The highest BCUT2D eigenvalue weighted by Crippen LogP contribution is 2.03. The molecule has 5 heteroatoms. The molecule has 1 aromatic rings. The van der Waals surface area contributed by atoms with Crippen molar-refractivity contribution in [1.82, 2.24) is 0 Å². The van der Waals surface area contributed by atoms with Crippen LogP contribution in [0.5, 0.6) is 0 Å². The number of aromatic nitrogens is 1. The molecule has 0 fully saturated rings. The average Bonchev–Trinajstić information content (AvgIpc) is 2.05. The van der Waals surface area contributed by atoms with E-state index in [1.165, 1.54) is 10.6 Å². The number of pyridine rings is 1. The zero-order valence-corrected chi connectivity index (χ0v) is 7.71. The number of hydrogen-bond donors (Lipinski definition) is 0. The molecule has 0 aliphatic heterocycles. The van der Waals surface area contributed by atoms with Crippen molar-refractivity contribution < 1.29 is 17.2 Å². The van der Waals surface area contributed by atoms with E-state index in [9.17, 15) is 8.42 Å². The van der Waals surface area contributed by atoms with Crippen LogP contribution in [0.2, 0.25) is 0 Å². The molecule has 0 unspecified atom stereocenters. The van der Waals surface area contributed by atoms with Crippen LogP contribution in [-0.4, -0.2) is 15.5 Å². The third-order valence-electron chi connectivity index (χ3n) is 1.48. The van der Waals surface area contributed by atoms with Crippen LogP contribution in [0.4, 0.5) is 0 Å². The minimum atomic E-state index is -3.57. The summed E-state index contributed by atoms with van der Waals surface area (Å²) in [4.78, 5) is 0. The lowest BCUT2D eigenvalue weighted by Gasteiger charge is -1.97. The van der Waals surface area contributed by atoms with Crippen molar-refractivity contribution in [3.8, 4) is 0 Å². The Balaban J connectivity index is 3.30. The van der Waals surface area contributed by atoms with E-state index >= 15 is 0 Å². The fraction of sp³-hybridized carbons (Fsp3) is 0.286. The van der Waals surface area contributed by atoms with Crippen molar-refractivity contribution in [2.75, 3.05) is 7.11 Å². The van der Waals surface area contributed by atoms with Crippen molar-refractivity contribution in [2.45, 2.75) is 5.03 Å². The summed E-state index contributed by atoms with van der Waals surface area (Å²) in [5.74, 6) is 0. The Hall–Kier alpha value is -0.940. The average molecular weight is 188 g/mol. The third kappa shape index (κ3) is 1.62. The van der Waals surface area contributed by atoms with Crippen LogP contribution >= 0.6 is 0 Å². The molecule has 0 N–H and O–H groups in total. The van der Waals surface area contributed by atoms with Gasteiger partial charge in [0.1, 0.15) is 7.05 Å². The quantitative estimate of drug-likeness (QED) is 0.479. The lowest BCUT2D eigenvalue weighted by atomic mass is 10.5. The summed E-state index contributed by atoms with van der Waals surface area (Å²) in [7, 11) is -0.780. The topological polar surface area (TPSA) is 47.3 Å². The molecule has 0 saturated carbocycles. The minimum absolute atomic E-state index is 0.146. The molecule has 0 aromatic carbocycles. The largest absolute Gasteiger partial charge is 0.357 e. The molecule has 1 heterocycles. The van der Waals surface area contributed by atoms with Gasteiger partial charge in [-0.25, -0.2) is 0 Å². The van der Waals surface area contributed by atoms with E-state index in [-0.39, 0.29) is 5.03 Å². The van der Waals surface area contributed by atoms with Crippen LogP contribution < -0.4 is 4.57 Å². The maximum Gasteiger partial charge on any atom is 0.357 e. The van der Waals surface area contributed by atoms with Crippen LogP contribution in [0, 0.1) is 0 Å². The van der Waals surface area contributed by atoms with E-state index < -0.39 is 10.1 Å². The molecule has 4 nitrogen and oxygen atoms in total. The first kappa shape index (κ1) is 9.15. The predicted octanol–water partition coefficient (Wildman–Crippen LogP) is -0.154. The minimum Gasteiger partial charge on any atom is -0.265 e. The number of aryl methyl sites for hydroxylation is 1. The number of hydrogen-bond acceptors (Lipinski definition) is 3. The summed E-state index contributed by atoms with van der Waals surface area (Å²) in [5.41, 5.74) is 0. The van der Waals surface area contributed by atoms with Gasteiger partial charge in [0.2, 0.25) is 0 Å². The Labute approximate surface area is 71.5 Å². The van der Waals surface area contributed by atoms with Gasteiger partial charge in [0.05, 0.1) is 7.11 Å². The molecular formula is C7H10NO3S+. The van der Waals surface area contributed by atoms with Crippen LogP contribution in [0.15, 0.2) is 29.4 Å². The van der Waals surface area contributed by atoms with Crippen molar-refractivity contribution >= 4 is 10.1 Å². The molecule has 0 spiro atoms. The summed E-state index contributed by atoms with van der Waals surface area (Å²) in [6.07, 6.45) is 1.64. The number of nitrogens with zero attached hydrogens (tertiary/aromatic N) is 1. The van der Waals surface area contributed by atoms with Gasteiger partial charge in [0.25, 0.3) is 0 Å². The van der Waals surface area contributed by atoms with E-state index in [2.05, 4.69) is 4.18 Å². The molecule has 66 valence electrons. The Bertz CT molecular complexity index is 372. The lowest BCUT2D eigenvalue weighted by Crippen LogP contribution is -2.35. The van der Waals surface area contributed by atoms with Gasteiger partial charge < -0.3 is 0 Å². The maximum atomic E-state index is 11.2. The van der Waals surface area contributed by atoms with Crippen molar-refractivity contribution in [3.63, 3.8) is 0 Å². The summed E-state index contributed by atoms with van der Waals surface area (Å²) < 4.78 is 28.2. The zero-order valence-electron chi connectivity index (χ0n) is 6.89. The summed E-state index contributed by atoms with van der Waals surface area (Å²) in [6, 6.07) is 4.87. The fourth-order valence-corrected chi connectivity index (χ4v) is 1.68. The summed E-state index contributed by atoms with van der Waals surface area (Å²) in [6.45, 7) is 0. The predicted molar refractivity (Wildman–Crippen MR) is 41.8 cm³/mol. The van der Waals surface area contributed by atoms with Crippen LogP contribution in [0.1, 0.15) is 0 Å². The zero-order chi connectivity index (χ0) is 9.19. The molecule has 0 aliphatic rings. The summed E-state index contributed by atoms with van der Waals surface area (Å²) >= 11 is 0. The van der Waals surface area contributed by atoms with Gasteiger partial charge in [-0.05, 0) is 6.07 Å². The Kier molecular flexibility index (Phi) is 2.44. The molecular weight excluding hydrogens is 178 g/mol. The Morgan fingerprint density at radius 3 is 2.58 bits per heavy atom. The van der Waals surface area contributed by atoms with E-state index in [1.807, 2.05) is 0 Å². The van der Waals surface area contributed by atoms with Gasteiger partial charge in [0.15, 0.2) is 6.20 Å². The van der Waals surface area contributed by atoms with E-state index in [4.69, 9.17) is 0 Å². The van der Waals surface area contributed by atoms with Crippen LogP contribution in [0.25, 0.3) is 0 Å². The van der Waals surface area contributed by atoms with Crippen molar-refractivity contribution in [1.29, 1.82) is 0 Å². The van der Waals surface area contributed by atoms with Crippen LogP contribution in [0.3, 0.4) is 0 Å². The normalized spacial score (nSPS) is 11.5. The second-order valence-electron chi connectivity index (χ2n) is 2.27.